The largest absolute Gasteiger partial charge is 0.486 e. The van der Waals surface area contributed by atoms with E-state index in [1.807, 2.05) is 0 Å². The Morgan fingerprint density at radius 1 is 1.26 bits per heavy atom. The molecule has 0 spiro atoms. The van der Waals surface area contributed by atoms with E-state index in [1.165, 1.54) is 0 Å². The molecule has 0 saturated carbocycles. The lowest BCUT2D eigenvalue weighted by molar-refractivity contribution is -0.116. The van der Waals surface area contributed by atoms with Crippen molar-refractivity contribution in [3.63, 3.8) is 0 Å². The maximum atomic E-state index is 11.7. The molecule has 0 radical (unpaired) electrons. The molecule has 0 atom stereocenters. The van der Waals surface area contributed by atoms with Gasteiger partial charge in [0.1, 0.15) is 13.2 Å². The van der Waals surface area contributed by atoms with Gasteiger partial charge in [0.15, 0.2) is 11.5 Å². The van der Waals surface area contributed by atoms with Crippen LogP contribution in [-0.4, -0.2) is 30.8 Å². The number of hydrogen-bond donors (Lipinski definition) is 2. The summed E-state index contributed by atoms with van der Waals surface area (Å²) in [6.45, 7) is 1.16. The predicted molar refractivity (Wildman–Crippen MR) is 74.7 cm³/mol. The number of aliphatic hydroxyl groups is 1. The first kappa shape index (κ1) is 14.1. The van der Waals surface area contributed by atoms with Crippen molar-refractivity contribution in [3.05, 3.63) is 16.6 Å². The summed E-state index contributed by atoms with van der Waals surface area (Å²) in [4.78, 5) is 11.7. The number of hydrogen-bond acceptors (Lipinski definition) is 4. The molecule has 2 rings (SSSR count). The highest BCUT2D eigenvalue weighted by molar-refractivity contribution is 9.10. The Hall–Kier alpha value is -1.27. The van der Waals surface area contributed by atoms with Gasteiger partial charge in [0.25, 0.3) is 0 Å². The Balaban J connectivity index is 2.01. The van der Waals surface area contributed by atoms with Crippen LogP contribution in [0.4, 0.5) is 5.69 Å². The minimum absolute atomic E-state index is 0.0779. The van der Waals surface area contributed by atoms with Crippen molar-refractivity contribution in [3.8, 4) is 11.5 Å². The van der Waals surface area contributed by atoms with E-state index in [9.17, 15) is 4.79 Å². The molecular weight excluding hydrogens is 314 g/mol. The summed E-state index contributed by atoms with van der Waals surface area (Å²) >= 11 is 3.40. The van der Waals surface area contributed by atoms with E-state index in [1.54, 1.807) is 12.1 Å². The van der Waals surface area contributed by atoms with Crippen LogP contribution in [0.1, 0.15) is 19.3 Å². The second-order valence-corrected chi connectivity index (χ2v) is 5.06. The molecule has 1 heterocycles. The Kier molecular flexibility index (Phi) is 5.04. The predicted octanol–water partition coefficient (Wildman–Crippen LogP) is 2.32. The van der Waals surface area contributed by atoms with Crippen molar-refractivity contribution in [1.29, 1.82) is 0 Å². The molecule has 104 valence electrons. The Morgan fingerprint density at radius 3 is 2.63 bits per heavy atom. The number of anilines is 1. The van der Waals surface area contributed by atoms with Gasteiger partial charge in [-0.05, 0) is 28.8 Å². The molecular formula is C13H16BrNO4. The lowest BCUT2D eigenvalue weighted by Gasteiger charge is -2.20. The van der Waals surface area contributed by atoms with Crippen LogP contribution in [0.25, 0.3) is 0 Å². The van der Waals surface area contributed by atoms with Gasteiger partial charge in [0.05, 0.1) is 5.69 Å². The summed E-state index contributed by atoms with van der Waals surface area (Å²) in [7, 11) is 0. The van der Waals surface area contributed by atoms with Gasteiger partial charge in [0.2, 0.25) is 5.91 Å². The van der Waals surface area contributed by atoms with Crippen LogP contribution in [-0.2, 0) is 4.79 Å². The molecule has 0 aliphatic carbocycles. The quantitative estimate of drug-likeness (QED) is 0.813. The van der Waals surface area contributed by atoms with E-state index in [0.29, 0.717) is 49.7 Å². The summed E-state index contributed by atoms with van der Waals surface area (Å²) < 4.78 is 11.7. The minimum atomic E-state index is -0.0779. The number of aliphatic hydroxyl groups excluding tert-OH is 1. The first-order valence-electron chi connectivity index (χ1n) is 6.20. The molecule has 1 aliphatic heterocycles. The number of ether oxygens (including phenoxy) is 2. The highest BCUT2D eigenvalue weighted by Gasteiger charge is 2.15. The third kappa shape index (κ3) is 3.84. The fourth-order valence-corrected chi connectivity index (χ4v) is 2.19. The van der Waals surface area contributed by atoms with Crippen molar-refractivity contribution in [2.75, 3.05) is 25.1 Å². The molecule has 5 nitrogen and oxygen atoms in total. The zero-order valence-corrected chi connectivity index (χ0v) is 12.0. The molecule has 6 heteroatoms. The molecule has 1 aromatic rings. The summed E-state index contributed by atoms with van der Waals surface area (Å²) in [6, 6.07) is 3.54. The van der Waals surface area contributed by atoms with Gasteiger partial charge in [-0.2, -0.15) is 0 Å². The molecule has 2 N–H and O–H groups in total. The van der Waals surface area contributed by atoms with Crippen LogP contribution in [0.5, 0.6) is 11.5 Å². The molecule has 0 fully saturated rings. The van der Waals surface area contributed by atoms with Crippen LogP contribution < -0.4 is 14.8 Å². The maximum absolute atomic E-state index is 11.7. The van der Waals surface area contributed by atoms with Gasteiger partial charge in [-0.1, -0.05) is 0 Å². The van der Waals surface area contributed by atoms with E-state index >= 15 is 0 Å². The first-order chi connectivity index (χ1) is 9.20. The molecule has 1 amide bonds. The summed E-state index contributed by atoms with van der Waals surface area (Å²) in [5, 5.41) is 11.5. The molecule has 0 unspecified atom stereocenters. The van der Waals surface area contributed by atoms with Gasteiger partial charge in [0, 0.05) is 29.6 Å². The number of rotatable bonds is 5. The smallest absolute Gasteiger partial charge is 0.224 e. The molecule has 19 heavy (non-hydrogen) atoms. The molecule has 1 aromatic carbocycles. The van der Waals surface area contributed by atoms with E-state index < -0.39 is 0 Å². The maximum Gasteiger partial charge on any atom is 0.224 e. The lowest BCUT2D eigenvalue weighted by atomic mass is 10.2. The molecule has 1 aliphatic rings. The molecule has 0 saturated heterocycles. The highest BCUT2D eigenvalue weighted by Crippen LogP contribution is 2.38. The SMILES string of the molecule is O=C(CCCCO)Nc1cc2c(cc1Br)OCCO2. The van der Waals surface area contributed by atoms with Gasteiger partial charge >= 0.3 is 0 Å². The van der Waals surface area contributed by atoms with Gasteiger partial charge in [-0.3, -0.25) is 4.79 Å². The molecule has 0 aromatic heterocycles. The number of nitrogens with one attached hydrogen (secondary N) is 1. The van der Waals surface area contributed by atoms with Crippen molar-refractivity contribution in [1.82, 2.24) is 0 Å². The van der Waals surface area contributed by atoms with Crippen molar-refractivity contribution in [2.45, 2.75) is 19.3 Å². The zero-order valence-electron chi connectivity index (χ0n) is 10.4. The van der Waals surface area contributed by atoms with Gasteiger partial charge in [-0.15, -0.1) is 0 Å². The monoisotopic (exact) mass is 329 g/mol. The van der Waals surface area contributed by atoms with Crippen LogP contribution in [0.2, 0.25) is 0 Å². The van der Waals surface area contributed by atoms with Crippen LogP contribution >= 0.6 is 15.9 Å². The third-order valence-corrected chi connectivity index (χ3v) is 3.37. The van der Waals surface area contributed by atoms with Crippen molar-refractivity contribution >= 4 is 27.5 Å². The Bertz CT molecular complexity index is 464. The standard InChI is InChI=1S/C13H16BrNO4/c14-9-7-11-12(19-6-5-18-11)8-10(9)15-13(17)3-1-2-4-16/h7-8,16H,1-6H2,(H,15,17). The zero-order chi connectivity index (χ0) is 13.7. The lowest BCUT2D eigenvalue weighted by Crippen LogP contribution is -2.16. The van der Waals surface area contributed by atoms with Crippen LogP contribution in [0.15, 0.2) is 16.6 Å². The summed E-state index contributed by atoms with van der Waals surface area (Å²) in [6.07, 6.45) is 1.70. The van der Waals surface area contributed by atoms with E-state index in [4.69, 9.17) is 14.6 Å². The second-order valence-electron chi connectivity index (χ2n) is 4.20. The normalized spacial score (nSPS) is 13.2. The van der Waals surface area contributed by atoms with E-state index in [-0.39, 0.29) is 12.5 Å². The fourth-order valence-electron chi connectivity index (χ4n) is 1.77. The average molecular weight is 330 g/mol. The topological polar surface area (TPSA) is 67.8 Å². The van der Waals surface area contributed by atoms with Crippen LogP contribution in [0.3, 0.4) is 0 Å². The Labute approximate surface area is 120 Å². The minimum Gasteiger partial charge on any atom is -0.486 e. The van der Waals surface area contributed by atoms with Gasteiger partial charge in [-0.25, -0.2) is 0 Å². The number of benzene rings is 1. The van der Waals surface area contributed by atoms with E-state index in [2.05, 4.69) is 21.2 Å². The third-order valence-electron chi connectivity index (χ3n) is 2.72. The van der Waals surface area contributed by atoms with Crippen LogP contribution in [0, 0.1) is 0 Å². The average Bonchev–Trinajstić information content (AvgIpc) is 2.40. The van der Waals surface area contributed by atoms with Crippen molar-refractivity contribution < 1.29 is 19.4 Å². The van der Waals surface area contributed by atoms with E-state index in [0.717, 1.165) is 4.47 Å². The fraction of sp³-hybridized carbons (Fsp3) is 0.462. The summed E-state index contributed by atoms with van der Waals surface area (Å²) in [5.74, 6) is 1.24. The first-order valence-corrected chi connectivity index (χ1v) is 7.00. The molecule has 0 bridgehead atoms. The number of carbonyl (C=O) groups excluding carboxylic acids is 1. The number of carbonyl (C=O) groups is 1. The Morgan fingerprint density at radius 2 is 1.95 bits per heavy atom. The van der Waals surface area contributed by atoms with Gasteiger partial charge < -0.3 is 19.9 Å². The van der Waals surface area contributed by atoms with Crippen molar-refractivity contribution in [2.24, 2.45) is 0 Å². The highest BCUT2D eigenvalue weighted by atomic mass is 79.9. The summed E-state index contributed by atoms with van der Waals surface area (Å²) in [5.41, 5.74) is 0.665. The number of halogens is 1. The number of fused-ring (bicyclic) bond motifs is 1. The number of unbranched alkanes of at least 4 members (excludes halogenated alkanes) is 1. The second kappa shape index (κ2) is 6.77. The number of amides is 1.